The molecule has 0 aliphatic carbocycles. The number of piperidine rings is 1. The van der Waals surface area contributed by atoms with Gasteiger partial charge in [-0.25, -0.2) is 4.39 Å². The predicted octanol–water partition coefficient (Wildman–Crippen LogP) is 2.26. The van der Waals surface area contributed by atoms with E-state index in [1.165, 1.54) is 12.1 Å². The van der Waals surface area contributed by atoms with Crippen molar-refractivity contribution in [3.05, 3.63) is 35.6 Å². The number of hydrogen-bond donors (Lipinski definition) is 2. The van der Waals surface area contributed by atoms with E-state index < -0.39 is 0 Å². The lowest BCUT2D eigenvalue weighted by Crippen LogP contribution is -2.45. The van der Waals surface area contributed by atoms with Gasteiger partial charge >= 0.3 is 0 Å². The van der Waals surface area contributed by atoms with Crippen molar-refractivity contribution in [2.24, 2.45) is 5.92 Å². The van der Waals surface area contributed by atoms with Crippen LogP contribution in [-0.4, -0.2) is 56.1 Å². The fraction of sp³-hybridized carbons (Fsp3) is 0.619. The van der Waals surface area contributed by atoms with Gasteiger partial charge in [-0.1, -0.05) is 12.1 Å². The Hall–Kier alpha value is -1.99. The molecule has 0 bridgehead atoms. The number of amides is 2. The number of benzene rings is 1. The first-order valence-corrected chi connectivity index (χ1v) is 10.1. The molecule has 1 heterocycles. The van der Waals surface area contributed by atoms with Crippen molar-refractivity contribution < 1.29 is 18.7 Å². The summed E-state index contributed by atoms with van der Waals surface area (Å²) in [5.74, 6) is -0.228. The highest BCUT2D eigenvalue weighted by Crippen LogP contribution is 2.17. The van der Waals surface area contributed by atoms with Crippen molar-refractivity contribution in [3.63, 3.8) is 0 Å². The van der Waals surface area contributed by atoms with Crippen molar-refractivity contribution >= 4 is 11.8 Å². The van der Waals surface area contributed by atoms with Crippen LogP contribution in [0.3, 0.4) is 0 Å². The van der Waals surface area contributed by atoms with Gasteiger partial charge in [-0.05, 0) is 63.9 Å². The van der Waals surface area contributed by atoms with Gasteiger partial charge in [0.2, 0.25) is 11.8 Å². The molecule has 1 atom stereocenters. The van der Waals surface area contributed by atoms with Crippen molar-refractivity contribution in [2.75, 3.05) is 39.4 Å². The average molecular weight is 394 g/mol. The Kier molecular flexibility index (Phi) is 9.37. The van der Waals surface area contributed by atoms with Crippen molar-refractivity contribution in [3.8, 4) is 0 Å². The highest BCUT2D eigenvalue weighted by molar-refractivity contribution is 5.79. The lowest BCUT2D eigenvalue weighted by molar-refractivity contribution is -0.127. The fourth-order valence-corrected chi connectivity index (χ4v) is 3.35. The van der Waals surface area contributed by atoms with Crippen LogP contribution in [0.4, 0.5) is 4.39 Å². The molecule has 1 aliphatic rings. The summed E-state index contributed by atoms with van der Waals surface area (Å²) >= 11 is 0. The Bertz CT molecular complexity index is 616. The summed E-state index contributed by atoms with van der Waals surface area (Å²) in [6, 6.07) is 5.97. The second-order valence-corrected chi connectivity index (χ2v) is 7.23. The quantitative estimate of drug-likeness (QED) is 0.598. The summed E-state index contributed by atoms with van der Waals surface area (Å²) in [7, 11) is 0. The molecule has 2 N–H and O–H groups in total. The molecule has 2 amide bonds. The molecule has 1 aromatic rings. The van der Waals surface area contributed by atoms with Gasteiger partial charge < -0.3 is 15.4 Å². The largest absolute Gasteiger partial charge is 0.382 e. The molecule has 0 spiro atoms. The van der Waals surface area contributed by atoms with E-state index in [0.29, 0.717) is 26.3 Å². The first-order chi connectivity index (χ1) is 13.5. The summed E-state index contributed by atoms with van der Waals surface area (Å²) in [5.41, 5.74) is 0.870. The Balaban J connectivity index is 1.65. The highest BCUT2D eigenvalue weighted by Gasteiger charge is 2.25. The summed E-state index contributed by atoms with van der Waals surface area (Å²) in [6.45, 7) is 7.62. The number of nitrogens with zero attached hydrogens (tertiary/aromatic N) is 1. The van der Waals surface area contributed by atoms with Crippen LogP contribution in [0.25, 0.3) is 0 Å². The molecular formula is C21H32FN3O3. The second-order valence-electron chi connectivity index (χ2n) is 7.23. The van der Waals surface area contributed by atoms with Gasteiger partial charge in [-0.2, -0.15) is 0 Å². The molecule has 0 saturated carbocycles. The minimum absolute atomic E-state index is 0.0181. The number of ether oxygens (including phenoxy) is 1. The third kappa shape index (κ3) is 7.56. The molecule has 1 saturated heterocycles. The number of carbonyl (C=O) groups is 2. The lowest BCUT2D eigenvalue weighted by atomic mass is 9.96. The van der Waals surface area contributed by atoms with E-state index in [1.807, 2.05) is 13.8 Å². The minimum Gasteiger partial charge on any atom is -0.382 e. The smallest absolute Gasteiger partial charge is 0.234 e. The number of halogens is 1. The highest BCUT2D eigenvalue weighted by atomic mass is 19.1. The van der Waals surface area contributed by atoms with Gasteiger partial charge in [0.05, 0.1) is 12.6 Å². The zero-order valence-corrected chi connectivity index (χ0v) is 16.9. The van der Waals surface area contributed by atoms with Gasteiger partial charge in [0.15, 0.2) is 0 Å². The molecule has 7 heteroatoms. The topological polar surface area (TPSA) is 70.7 Å². The normalized spacial score (nSPS) is 16.5. The van der Waals surface area contributed by atoms with E-state index in [2.05, 4.69) is 15.5 Å². The molecule has 156 valence electrons. The molecule has 0 radical (unpaired) electrons. The van der Waals surface area contributed by atoms with Crippen LogP contribution in [0.5, 0.6) is 0 Å². The van der Waals surface area contributed by atoms with Crippen LogP contribution >= 0.6 is 0 Å². The SMILES string of the molecule is CCOCCCNC(=O)C1CCN(CC(=O)N[C@@H](C)c2ccc(F)cc2)CC1. The third-order valence-electron chi connectivity index (χ3n) is 5.04. The first-order valence-electron chi connectivity index (χ1n) is 10.1. The standard InChI is InChI=1S/C21H32FN3O3/c1-3-28-14-4-11-23-21(27)18-9-12-25(13-10-18)15-20(26)24-16(2)17-5-7-19(22)8-6-17/h5-8,16,18H,3-4,9-15H2,1-2H3,(H,23,27)(H,24,26)/t16-/m0/s1. The van der Waals surface area contributed by atoms with Crippen LogP contribution in [0.2, 0.25) is 0 Å². The van der Waals surface area contributed by atoms with Gasteiger partial charge in [-0.15, -0.1) is 0 Å². The van der Waals surface area contributed by atoms with E-state index in [1.54, 1.807) is 12.1 Å². The minimum atomic E-state index is -0.288. The second kappa shape index (κ2) is 11.8. The lowest BCUT2D eigenvalue weighted by Gasteiger charge is -2.31. The van der Waals surface area contributed by atoms with Crippen LogP contribution in [0, 0.1) is 11.7 Å². The Morgan fingerprint density at radius 3 is 2.57 bits per heavy atom. The monoisotopic (exact) mass is 393 g/mol. The van der Waals surface area contributed by atoms with Gasteiger partial charge in [0.25, 0.3) is 0 Å². The van der Waals surface area contributed by atoms with Crippen molar-refractivity contribution in [2.45, 2.75) is 39.2 Å². The van der Waals surface area contributed by atoms with E-state index >= 15 is 0 Å². The zero-order valence-electron chi connectivity index (χ0n) is 16.9. The fourth-order valence-electron chi connectivity index (χ4n) is 3.35. The molecule has 6 nitrogen and oxygen atoms in total. The summed E-state index contributed by atoms with van der Waals surface area (Å²) in [6.07, 6.45) is 2.35. The number of carbonyl (C=O) groups excluding carboxylic acids is 2. The molecule has 2 rings (SSSR count). The summed E-state index contributed by atoms with van der Waals surface area (Å²) < 4.78 is 18.3. The Morgan fingerprint density at radius 1 is 1.25 bits per heavy atom. The van der Waals surface area contributed by atoms with E-state index in [4.69, 9.17) is 4.74 Å². The van der Waals surface area contributed by atoms with E-state index in [9.17, 15) is 14.0 Å². The average Bonchev–Trinajstić information content (AvgIpc) is 2.68. The molecule has 1 fully saturated rings. The van der Waals surface area contributed by atoms with Gasteiger partial charge in [-0.3, -0.25) is 14.5 Å². The van der Waals surface area contributed by atoms with Gasteiger partial charge in [0.1, 0.15) is 5.82 Å². The van der Waals surface area contributed by atoms with Crippen molar-refractivity contribution in [1.29, 1.82) is 0 Å². The third-order valence-corrected chi connectivity index (χ3v) is 5.04. The van der Waals surface area contributed by atoms with Crippen molar-refractivity contribution in [1.82, 2.24) is 15.5 Å². The van der Waals surface area contributed by atoms with Crippen LogP contribution in [-0.2, 0) is 14.3 Å². The number of hydrogen-bond acceptors (Lipinski definition) is 4. The predicted molar refractivity (Wildman–Crippen MR) is 106 cm³/mol. The van der Waals surface area contributed by atoms with E-state index in [-0.39, 0.29) is 29.6 Å². The number of rotatable bonds is 10. The summed E-state index contributed by atoms with van der Waals surface area (Å²) in [4.78, 5) is 26.6. The molecule has 1 aliphatic heterocycles. The number of likely N-dealkylation sites (tertiary alicyclic amines) is 1. The van der Waals surface area contributed by atoms with Crippen LogP contribution in [0.15, 0.2) is 24.3 Å². The molecule has 0 unspecified atom stereocenters. The Morgan fingerprint density at radius 2 is 1.93 bits per heavy atom. The Labute approximate surface area is 166 Å². The number of nitrogens with one attached hydrogen (secondary N) is 2. The molecular weight excluding hydrogens is 361 g/mol. The first kappa shape index (κ1) is 22.3. The van der Waals surface area contributed by atoms with Crippen LogP contribution in [0.1, 0.15) is 44.7 Å². The van der Waals surface area contributed by atoms with E-state index in [0.717, 1.165) is 37.9 Å². The maximum atomic E-state index is 13.0. The summed E-state index contributed by atoms with van der Waals surface area (Å²) in [5, 5.41) is 5.92. The molecule has 28 heavy (non-hydrogen) atoms. The maximum Gasteiger partial charge on any atom is 0.234 e. The van der Waals surface area contributed by atoms with Crippen LogP contribution < -0.4 is 10.6 Å². The molecule has 1 aromatic carbocycles. The van der Waals surface area contributed by atoms with Gasteiger partial charge in [0, 0.05) is 25.7 Å². The molecule has 0 aromatic heterocycles. The maximum absolute atomic E-state index is 13.0. The zero-order chi connectivity index (χ0) is 20.4.